The molecule has 1 aliphatic heterocycles. The van der Waals surface area contributed by atoms with Gasteiger partial charge in [-0.15, -0.1) is 4.40 Å². The smallest absolute Gasteiger partial charge is 0.286 e. The molecule has 6 heteroatoms. The quantitative estimate of drug-likeness (QED) is 0.775. The highest BCUT2D eigenvalue weighted by Crippen LogP contribution is 2.31. The molecule has 0 spiro atoms. The maximum Gasteiger partial charge on any atom is 0.286 e. The molecule has 1 aliphatic rings. The van der Waals surface area contributed by atoms with Gasteiger partial charge in [0.25, 0.3) is 10.0 Å². The fourth-order valence-electron chi connectivity index (χ4n) is 1.46. The molecule has 0 radical (unpaired) electrons. The van der Waals surface area contributed by atoms with E-state index >= 15 is 0 Å². The molecule has 0 amide bonds. The summed E-state index contributed by atoms with van der Waals surface area (Å²) in [6.07, 6.45) is 0. The summed E-state index contributed by atoms with van der Waals surface area (Å²) in [5.41, 5.74) is -0.0505. The first-order chi connectivity index (χ1) is 7.70. The Balaban J connectivity index is 2.63. The van der Waals surface area contributed by atoms with Crippen molar-refractivity contribution in [2.45, 2.75) is 25.7 Å². The van der Waals surface area contributed by atoms with Crippen LogP contribution in [0.2, 0.25) is 0 Å². The molecular weight excluding hydrogens is 243 g/mol. The fraction of sp³-hybridized carbons (Fsp3) is 0.364. The van der Waals surface area contributed by atoms with Crippen molar-refractivity contribution in [3.8, 4) is 0 Å². The second-order valence-electron chi connectivity index (χ2n) is 4.93. The highest BCUT2D eigenvalue weighted by Gasteiger charge is 2.30. The Labute approximate surface area is 99.6 Å². The summed E-state index contributed by atoms with van der Waals surface area (Å²) in [6.45, 7) is 5.55. The Bertz CT molecular complexity index is 600. The molecule has 0 aromatic heterocycles. The van der Waals surface area contributed by atoms with E-state index in [1.807, 2.05) is 20.8 Å². The summed E-state index contributed by atoms with van der Waals surface area (Å²) in [5, 5.41) is 2.92. The topological polar surface area (TPSA) is 58.5 Å². The minimum absolute atomic E-state index is 0.120. The van der Waals surface area contributed by atoms with E-state index in [2.05, 4.69) is 9.71 Å². The van der Waals surface area contributed by atoms with E-state index < -0.39 is 21.3 Å². The number of hydrogen-bond donors (Lipinski definition) is 1. The standard InChI is InChI=1S/C11H13FN2O2S/c1-11(2,3)10-13-8-5-4-7(12)6-9(8)17(15,16)14-10/h4-6H,1-3H3,(H,13,14). The number of rotatable bonds is 0. The van der Waals surface area contributed by atoms with Gasteiger partial charge in [-0.1, -0.05) is 20.8 Å². The minimum atomic E-state index is -3.81. The third-order valence-corrected chi connectivity index (χ3v) is 3.71. The van der Waals surface area contributed by atoms with Gasteiger partial charge in [-0.2, -0.15) is 8.42 Å². The van der Waals surface area contributed by atoms with E-state index in [1.54, 1.807) is 0 Å². The van der Waals surface area contributed by atoms with Crippen LogP contribution >= 0.6 is 0 Å². The molecule has 1 aromatic rings. The van der Waals surface area contributed by atoms with Crippen molar-refractivity contribution < 1.29 is 12.8 Å². The maximum atomic E-state index is 13.0. The molecule has 1 N–H and O–H groups in total. The first-order valence-electron chi connectivity index (χ1n) is 5.12. The van der Waals surface area contributed by atoms with Gasteiger partial charge in [0.15, 0.2) is 0 Å². The van der Waals surface area contributed by atoms with Crippen molar-refractivity contribution >= 4 is 21.5 Å². The van der Waals surface area contributed by atoms with Gasteiger partial charge < -0.3 is 5.32 Å². The average molecular weight is 256 g/mol. The molecule has 1 aromatic carbocycles. The van der Waals surface area contributed by atoms with Crippen LogP contribution in [-0.4, -0.2) is 14.3 Å². The summed E-state index contributed by atoms with van der Waals surface area (Å²) >= 11 is 0. The highest BCUT2D eigenvalue weighted by molar-refractivity contribution is 7.90. The van der Waals surface area contributed by atoms with Crippen molar-refractivity contribution in [3.05, 3.63) is 24.0 Å². The van der Waals surface area contributed by atoms with Gasteiger partial charge in [0.1, 0.15) is 16.5 Å². The van der Waals surface area contributed by atoms with Crippen molar-refractivity contribution in [1.29, 1.82) is 0 Å². The summed E-state index contributed by atoms with van der Waals surface area (Å²) in [7, 11) is -3.81. The molecule has 17 heavy (non-hydrogen) atoms. The number of anilines is 1. The molecule has 2 rings (SSSR count). The third kappa shape index (κ3) is 2.17. The molecular formula is C11H13FN2O2S. The summed E-state index contributed by atoms with van der Waals surface area (Å²) in [6, 6.07) is 3.59. The maximum absolute atomic E-state index is 13.0. The predicted molar refractivity (Wildman–Crippen MR) is 64.1 cm³/mol. The molecule has 1 heterocycles. The second-order valence-corrected chi connectivity index (χ2v) is 6.50. The Morgan fingerprint density at radius 3 is 2.53 bits per heavy atom. The molecule has 0 saturated heterocycles. The lowest BCUT2D eigenvalue weighted by Crippen LogP contribution is -2.32. The van der Waals surface area contributed by atoms with Gasteiger partial charge in [0.05, 0.1) is 5.69 Å². The predicted octanol–water partition coefficient (Wildman–Crippen LogP) is 2.38. The lowest BCUT2D eigenvalue weighted by atomic mass is 9.95. The number of nitrogens with zero attached hydrogens (tertiary/aromatic N) is 1. The van der Waals surface area contributed by atoms with E-state index in [0.29, 0.717) is 11.5 Å². The number of fused-ring (bicyclic) bond motifs is 1. The zero-order chi connectivity index (χ0) is 12.8. The van der Waals surface area contributed by atoms with Crippen LogP contribution in [0.15, 0.2) is 27.5 Å². The van der Waals surface area contributed by atoms with Crippen LogP contribution in [0.5, 0.6) is 0 Å². The zero-order valence-electron chi connectivity index (χ0n) is 9.78. The monoisotopic (exact) mass is 256 g/mol. The summed E-state index contributed by atoms with van der Waals surface area (Å²) in [4.78, 5) is -0.120. The largest absolute Gasteiger partial charge is 0.341 e. The highest BCUT2D eigenvalue weighted by atomic mass is 32.2. The lowest BCUT2D eigenvalue weighted by Gasteiger charge is -2.26. The Morgan fingerprint density at radius 2 is 1.94 bits per heavy atom. The molecule has 4 nitrogen and oxygen atoms in total. The van der Waals surface area contributed by atoms with E-state index in [1.165, 1.54) is 12.1 Å². The summed E-state index contributed by atoms with van der Waals surface area (Å²) < 4.78 is 40.5. The van der Waals surface area contributed by atoms with E-state index in [9.17, 15) is 12.8 Å². The van der Waals surface area contributed by atoms with Crippen LogP contribution in [0.25, 0.3) is 0 Å². The van der Waals surface area contributed by atoms with Crippen LogP contribution in [0.3, 0.4) is 0 Å². The number of sulfonamides is 1. The Morgan fingerprint density at radius 1 is 1.29 bits per heavy atom. The lowest BCUT2D eigenvalue weighted by molar-refractivity contribution is 0.575. The minimum Gasteiger partial charge on any atom is -0.341 e. The van der Waals surface area contributed by atoms with Crippen LogP contribution < -0.4 is 5.32 Å². The van der Waals surface area contributed by atoms with Crippen LogP contribution in [0.1, 0.15) is 20.8 Å². The SMILES string of the molecule is CC(C)(C)C1=NS(=O)(=O)c2cc(F)ccc2N1. The first kappa shape index (κ1) is 12.0. The van der Waals surface area contributed by atoms with Crippen molar-refractivity contribution in [2.24, 2.45) is 9.81 Å². The van der Waals surface area contributed by atoms with Gasteiger partial charge in [0, 0.05) is 5.41 Å². The normalized spacial score (nSPS) is 18.0. The van der Waals surface area contributed by atoms with Crippen molar-refractivity contribution in [1.82, 2.24) is 0 Å². The molecule has 0 atom stereocenters. The average Bonchev–Trinajstić information content (AvgIpc) is 2.16. The molecule has 0 aliphatic carbocycles. The fourth-order valence-corrected chi connectivity index (χ4v) is 2.77. The van der Waals surface area contributed by atoms with Crippen molar-refractivity contribution in [3.63, 3.8) is 0 Å². The summed E-state index contributed by atoms with van der Waals surface area (Å²) in [5.74, 6) is -0.236. The van der Waals surface area contributed by atoms with Gasteiger partial charge in [0.2, 0.25) is 0 Å². The first-order valence-corrected chi connectivity index (χ1v) is 6.56. The zero-order valence-corrected chi connectivity index (χ0v) is 10.6. The number of halogens is 1. The second kappa shape index (κ2) is 3.53. The van der Waals surface area contributed by atoms with Crippen LogP contribution in [0.4, 0.5) is 10.1 Å². The Kier molecular flexibility index (Phi) is 2.50. The Hall–Kier alpha value is -1.43. The van der Waals surface area contributed by atoms with Gasteiger partial charge in [-0.25, -0.2) is 4.39 Å². The van der Waals surface area contributed by atoms with Crippen molar-refractivity contribution in [2.75, 3.05) is 5.32 Å². The number of amidine groups is 1. The molecule has 0 unspecified atom stereocenters. The third-order valence-electron chi connectivity index (χ3n) is 2.40. The van der Waals surface area contributed by atoms with Crippen LogP contribution in [-0.2, 0) is 10.0 Å². The molecule has 92 valence electrons. The van der Waals surface area contributed by atoms with Gasteiger partial charge >= 0.3 is 0 Å². The molecule has 0 bridgehead atoms. The number of benzene rings is 1. The van der Waals surface area contributed by atoms with Gasteiger partial charge in [-0.05, 0) is 18.2 Å². The number of hydrogen-bond acceptors (Lipinski definition) is 3. The van der Waals surface area contributed by atoms with E-state index in [-0.39, 0.29) is 4.90 Å². The molecule has 0 saturated carbocycles. The van der Waals surface area contributed by atoms with E-state index in [0.717, 1.165) is 6.07 Å². The molecule has 0 fully saturated rings. The van der Waals surface area contributed by atoms with Crippen LogP contribution in [0, 0.1) is 11.2 Å². The van der Waals surface area contributed by atoms with Gasteiger partial charge in [-0.3, -0.25) is 0 Å². The number of nitrogens with one attached hydrogen (secondary N) is 1. The van der Waals surface area contributed by atoms with E-state index in [4.69, 9.17) is 0 Å².